The highest BCUT2D eigenvalue weighted by atomic mass is 19.1. The zero-order chi connectivity index (χ0) is 9.89. The first-order chi connectivity index (χ1) is 5.37. The zero-order valence-corrected chi connectivity index (χ0v) is 7.93. The molecule has 0 aromatic carbocycles. The molecule has 0 heterocycles. The first kappa shape index (κ1) is 11.3. The lowest BCUT2D eigenvalue weighted by molar-refractivity contribution is -0.137. The molecule has 0 amide bonds. The third-order valence-corrected chi connectivity index (χ3v) is 1.64. The van der Waals surface area contributed by atoms with Gasteiger partial charge in [0.25, 0.3) is 0 Å². The van der Waals surface area contributed by atoms with Gasteiger partial charge in [-0.3, -0.25) is 9.59 Å². The van der Waals surface area contributed by atoms with Crippen molar-refractivity contribution in [2.75, 3.05) is 0 Å². The second-order valence-corrected chi connectivity index (χ2v) is 3.48. The molecule has 3 heteroatoms. The van der Waals surface area contributed by atoms with Gasteiger partial charge < -0.3 is 0 Å². The van der Waals surface area contributed by atoms with E-state index >= 15 is 0 Å². The highest BCUT2D eigenvalue weighted by molar-refractivity contribution is 6.06. The van der Waals surface area contributed by atoms with Gasteiger partial charge in [-0.25, -0.2) is 4.39 Å². The molecule has 0 rings (SSSR count). The number of rotatable bonds is 4. The summed E-state index contributed by atoms with van der Waals surface area (Å²) in [6.07, 6.45) is -1.93. The summed E-state index contributed by atoms with van der Waals surface area (Å²) in [5, 5.41) is 0. The van der Waals surface area contributed by atoms with Crippen LogP contribution in [0, 0.1) is 11.8 Å². The first-order valence-electron chi connectivity index (χ1n) is 4.09. The van der Waals surface area contributed by atoms with Gasteiger partial charge in [0.05, 0.1) is 0 Å². The molecule has 70 valence electrons. The molecule has 0 bridgehead atoms. The van der Waals surface area contributed by atoms with E-state index in [1.165, 1.54) is 0 Å². The van der Waals surface area contributed by atoms with Crippen molar-refractivity contribution in [3.63, 3.8) is 0 Å². The molecule has 0 aromatic rings. The fourth-order valence-corrected chi connectivity index (χ4v) is 0.726. The predicted molar refractivity (Wildman–Crippen MR) is 44.6 cm³/mol. The minimum absolute atomic E-state index is 0.414. The van der Waals surface area contributed by atoms with Gasteiger partial charge in [-0.15, -0.1) is 0 Å². The Labute approximate surface area is 72.1 Å². The SMILES string of the molecule is CC(C)C(=O)C(F)C(=O)C(C)C. The lowest BCUT2D eigenvalue weighted by atomic mass is 9.96. The minimum Gasteiger partial charge on any atom is -0.296 e. The van der Waals surface area contributed by atoms with Crippen LogP contribution in [0.3, 0.4) is 0 Å². The lowest BCUT2D eigenvalue weighted by Crippen LogP contribution is -2.32. The second kappa shape index (κ2) is 4.33. The van der Waals surface area contributed by atoms with Crippen molar-refractivity contribution in [3.05, 3.63) is 0 Å². The van der Waals surface area contributed by atoms with Gasteiger partial charge in [-0.1, -0.05) is 27.7 Å². The van der Waals surface area contributed by atoms with Crippen LogP contribution in [-0.4, -0.2) is 17.7 Å². The van der Waals surface area contributed by atoms with E-state index in [1.54, 1.807) is 27.7 Å². The van der Waals surface area contributed by atoms with Gasteiger partial charge in [0.1, 0.15) is 0 Å². The predicted octanol–water partition coefficient (Wildman–Crippen LogP) is 1.77. The maximum atomic E-state index is 13.0. The molecule has 0 aliphatic heterocycles. The molecule has 0 unspecified atom stereocenters. The van der Waals surface area contributed by atoms with Gasteiger partial charge in [0.2, 0.25) is 6.17 Å². The monoisotopic (exact) mass is 174 g/mol. The fraction of sp³-hybridized carbons (Fsp3) is 0.778. The maximum Gasteiger partial charge on any atom is 0.216 e. The summed E-state index contributed by atoms with van der Waals surface area (Å²) in [5.41, 5.74) is 0. The lowest BCUT2D eigenvalue weighted by Gasteiger charge is -2.10. The molecule has 0 N–H and O–H groups in total. The van der Waals surface area contributed by atoms with Crippen LogP contribution in [0.4, 0.5) is 4.39 Å². The van der Waals surface area contributed by atoms with E-state index in [9.17, 15) is 14.0 Å². The molecule has 0 aromatic heterocycles. The maximum absolute atomic E-state index is 13.0. The number of Topliss-reactive ketones (excluding diaryl/α,β-unsaturated/α-hetero) is 2. The van der Waals surface area contributed by atoms with E-state index in [0.29, 0.717) is 0 Å². The van der Waals surface area contributed by atoms with E-state index in [1.807, 2.05) is 0 Å². The third-order valence-electron chi connectivity index (χ3n) is 1.64. The van der Waals surface area contributed by atoms with Crippen LogP contribution in [0.15, 0.2) is 0 Å². The number of alkyl halides is 1. The van der Waals surface area contributed by atoms with Crippen molar-refractivity contribution in [1.29, 1.82) is 0 Å². The van der Waals surface area contributed by atoms with Crippen LogP contribution in [0.1, 0.15) is 27.7 Å². The summed E-state index contributed by atoms with van der Waals surface area (Å²) in [4.78, 5) is 22.0. The number of hydrogen-bond donors (Lipinski definition) is 0. The standard InChI is InChI=1S/C9H15FO2/c1-5(2)8(11)7(10)9(12)6(3)4/h5-7H,1-4H3. The van der Waals surface area contributed by atoms with E-state index < -0.39 is 29.6 Å². The molecule has 0 aliphatic carbocycles. The Morgan fingerprint density at radius 3 is 1.33 bits per heavy atom. The Balaban J connectivity index is 4.30. The average Bonchev–Trinajstić information content (AvgIpc) is 2.00. The van der Waals surface area contributed by atoms with Gasteiger partial charge in [-0.2, -0.15) is 0 Å². The fourth-order valence-electron chi connectivity index (χ4n) is 0.726. The molecule has 2 nitrogen and oxygen atoms in total. The van der Waals surface area contributed by atoms with Crippen LogP contribution in [0.2, 0.25) is 0 Å². The van der Waals surface area contributed by atoms with Gasteiger partial charge in [-0.05, 0) is 0 Å². The normalized spacial score (nSPS) is 11.3. The van der Waals surface area contributed by atoms with Gasteiger partial charge >= 0.3 is 0 Å². The number of carbonyl (C=O) groups excluding carboxylic acids is 2. The molecule has 0 saturated carbocycles. The van der Waals surface area contributed by atoms with Crippen LogP contribution < -0.4 is 0 Å². The van der Waals surface area contributed by atoms with Gasteiger partial charge in [0.15, 0.2) is 11.6 Å². The number of carbonyl (C=O) groups is 2. The van der Waals surface area contributed by atoms with Crippen molar-refractivity contribution in [2.45, 2.75) is 33.9 Å². The molecule has 12 heavy (non-hydrogen) atoms. The summed E-state index contributed by atoms with van der Waals surface area (Å²) in [6.45, 7) is 6.34. The Hall–Kier alpha value is -0.730. The molecule has 0 spiro atoms. The molecule has 0 atom stereocenters. The molecule has 0 fully saturated rings. The Morgan fingerprint density at radius 1 is 0.917 bits per heavy atom. The van der Waals surface area contributed by atoms with Crippen LogP contribution in [0.5, 0.6) is 0 Å². The highest BCUT2D eigenvalue weighted by Crippen LogP contribution is 2.09. The van der Waals surface area contributed by atoms with Crippen molar-refractivity contribution in [3.8, 4) is 0 Å². The largest absolute Gasteiger partial charge is 0.296 e. The van der Waals surface area contributed by atoms with Crippen molar-refractivity contribution in [1.82, 2.24) is 0 Å². The Kier molecular flexibility index (Phi) is 4.07. The number of ketones is 2. The smallest absolute Gasteiger partial charge is 0.216 e. The third kappa shape index (κ3) is 2.72. The first-order valence-corrected chi connectivity index (χ1v) is 4.09. The van der Waals surface area contributed by atoms with E-state index in [2.05, 4.69) is 0 Å². The zero-order valence-electron chi connectivity index (χ0n) is 7.93. The summed E-state index contributed by atoms with van der Waals surface area (Å²) in [7, 11) is 0. The minimum atomic E-state index is -1.93. The second-order valence-electron chi connectivity index (χ2n) is 3.48. The molecule has 0 saturated heterocycles. The summed E-state index contributed by atoms with van der Waals surface area (Å²) < 4.78 is 13.0. The van der Waals surface area contributed by atoms with Crippen molar-refractivity contribution in [2.24, 2.45) is 11.8 Å². The summed E-state index contributed by atoms with van der Waals surface area (Å²) in [6, 6.07) is 0. The Bertz CT molecular complexity index is 165. The molecule has 0 radical (unpaired) electrons. The molecular formula is C9H15FO2. The van der Waals surface area contributed by atoms with Crippen LogP contribution >= 0.6 is 0 Å². The van der Waals surface area contributed by atoms with E-state index in [0.717, 1.165) is 0 Å². The summed E-state index contributed by atoms with van der Waals surface area (Å²) in [5.74, 6) is -2.06. The van der Waals surface area contributed by atoms with E-state index in [-0.39, 0.29) is 0 Å². The Morgan fingerprint density at radius 2 is 1.17 bits per heavy atom. The van der Waals surface area contributed by atoms with Crippen LogP contribution in [0.25, 0.3) is 0 Å². The topological polar surface area (TPSA) is 34.1 Å². The highest BCUT2D eigenvalue weighted by Gasteiger charge is 2.29. The summed E-state index contributed by atoms with van der Waals surface area (Å²) >= 11 is 0. The molecular weight excluding hydrogens is 159 g/mol. The quantitative estimate of drug-likeness (QED) is 0.609. The molecule has 0 aliphatic rings. The van der Waals surface area contributed by atoms with Gasteiger partial charge in [0, 0.05) is 11.8 Å². The van der Waals surface area contributed by atoms with Crippen LogP contribution in [-0.2, 0) is 9.59 Å². The van der Waals surface area contributed by atoms with E-state index in [4.69, 9.17) is 0 Å². The van der Waals surface area contributed by atoms with Crippen molar-refractivity contribution < 1.29 is 14.0 Å². The van der Waals surface area contributed by atoms with Crippen molar-refractivity contribution >= 4 is 11.6 Å². The number of hydrogen-bond acceptors (Lipinski definition) is 2. The number of halogens is 1. The average molecular weight is 174 g/mol.